The van der Waals surface area contributed by atoms with E-state index in [9.17, 15) is 9.59 Å². The Kier molecular flexibility index (Phi) is 5.83. The van der Waals surface area contributed by atoms with Gasteiger partial charge in [0.25, 0.3) is 0 Å². The third-order valence-corrected chi connectivity index (χ3v) is 2.41. The third kappa shape index (κ3) is 5.42. The molecule has 0 aliphatic carbocycles. The van der Waals surface area contributed by atoms with Crippen LogP contribution in [0.1, 0.15) is 43.5 Å². The lowest BCUT2D eigenvalue weighted by Crippen LogP contribution is -2.07. The van der Waals surface area contributed by atoms with Crippen molar-refractivity contribution in [3.05, 3.63) is 53.3 Å². The van der Waals surface area contributed by atoms with Gasteiger partial charge in [0.2, 0.25) is 0 Å². The van der Waals surface area contributed by atoms with Crippen LogP contribution >= 0.6 is 0 Å². The second kappa shape index (κ2) is 7.41. The van der Waals surface area contributed by atoms with Gasteiger partial charge in [0, 0.05) is 12.0 Å². The summed E-state index contributed by atoms with van der Waals surface area (Å²) in [5, 5.41) is 0. The fourth-order valence-electron chi connectivity index (χ4n) is 1.50. The molecule has 0 aliphatic heterocycles. The van der Waals surface area contributed by atoms with E-state index in [1.54, 1.807) is 24.3 Å². The average molecular weight is 242 g/mol. The maximum Gasteiger partial charge on any atom is 0.170 e. The molecular formula is C16H18O2. The second-order valence-corrected chi connectivity index (χ2v) is 4.39. The van der Waals surface area contributed by atoms with Crippen LogP contribution in [0.25, 0.3) is 0 Å². The Bertz CT molecular complexity index is 473. The first-order valence-corrected chi connectivity index (χ1v) is 6.08. The van der Waals surface area contributed by atoms with Gasteiger partial charge in [-0.25, -0.2) is 0 Å². The number of ketones is 2. The number of benzene rings is 1. The summed E-state index contributed by atoms with van der Waals surface area (Å²) in [5.74, 6) is -0.123. The largest absolute Gasteiger partial charge is 0.299 e. The van der Waals surface area contributed by atoms with Gasteiger partial charge < -0.3 is 0 Å². The van der Waals surface area contributed by atoms with Crippen LogP contribution in [0.2, 0.25) is 0 Å². The van der Waals surface area contributed by atoms with Crippen molar-refractivity contribution in [2.45, 2.75) is 33.1 Å². The number of rotatable bonds is 6. The summed E-state index contributed by atoms with van der Waals surface area (Å²) in [6.07, 6.45) is 2.89. The van der Waals surface area contributed by atoms with E-state index < -0.39 is 0 Å². The predicted molar refractivity (Wildman–Crippen MR) is 72.6 cm³/mol. The molecule has 18 heavy (non-hydrogen) atoms. The van der Waals surface area contributed by atoms with E-state index in [0.717, 1.165) is 5.57 Å². The number of carbonyl (C=O) groups excluding carboxylic acids is 2. The summed E-state index contributed by atoms with van der Waals surface area (Å²) in [6, 6.07) is 8.92. The van der Waals surface area contributed by atoms with Crippen molar-refractivity contribution in [3.8, 4) is 0 Å². The lowest BCUT2D eigenvalue weighted by Gasteiger charge is -1.99. The van der Waals surface area contributed by atoms with Crippen LogP contribution in [0.5, 0.6) is 0 Å². The molecule has 0 unspecified atom stereocenters. The van der Waals surface area contributed by atoms with Crippen molar-refractivity contribution in [2.24, 2.45) is 0 Å². The highest BCUT2D eigenvalue weighted by atomic mass is 16.1. The highest BCUT2D eigenvalue weighted by Crippen LogP contribution is 2.05. The average Bonchev–Trinajstić information content (AvgIpc) is 2.35. The van der Waals surface area contributed by atoms with Crippen molar-refractivity contribution >= 4 is 11.6 Å². The zero-order chi connectivity index (χ0) is 13.4. The van der Waals surface area contributed by atoms with E-state index in [1.165, 1.54) is 0 Å². The van der Waals surface area contributed by atoms with Gasteiger partial charge in [-0.3, -0.25) is 9.59 Å². The molecule has 1 aromatic carbocycles. The zero-order valence-corrected chi connectivity index (χ0v) is 10.9. The first kappa shape index (κ1) is 14.1. The molecule has 1 aromatic rings. The number of Topliss-reactive ketones (excluding diaryl/α,β-unsaturated/α-hetero) is 2. The smallest absolute Gasteiger partial charge is 0.170 e. The fourth-order valence-corrected chi connectivity index (χ4v) is 1.50. The molecule has 0 aliphatic rings. The summed E-state index contributed by atoms with van der Waals surface area (Å²) in [5.41, 5.74) is 4.73. The number of carbonyl (C=O) groups is 2. The highest BCUT2D eigenvalue weighted by molar-refractivity contribution is 6.07. The third-order valence-electron chi connectivity index (χ3n) is 2.41. The Morgan fingerprint density at radius 3 is 2.44 bits per heavy atom. The summed E-state index contributed by atoms with van der Waals surface area (Å²) in [4.78, 5) is 23.3. The Morgan fingerprint density at radius 1 is 1.17 bits per heavy atom. The lowest BCUT2D eigenvalue weighted by atomic mass is 10.0. The molecule has 94 valence electrons. The monoisotopic (exact) mass is 242 g/mol. The molecule has 0 heterocycles. The Labute approximate surface area is 108 Å². The summed E-state index contributed by atoms with van der Waals surface area (Å²) >= 11 is 0. The molecule has 0 amide bonds. The minimum absolute atomic E-state index is 0.00727. The highest BCUT2D eigenvalue weighted by Gasteiger charge is 2.10. The first-order chi connectivity index (χ1) is 8.59. The van der Waals surface area contributed by atoms with Crippen molar-refractivity contribution in [1.29, 1.82) is 0 Å². The predicted octanol–water partition coefficient (Wildman–Crippen LogP) is 3.73. The molecule has 0 N–H and O–H groups in total. The maximum atomic E-state index is 11.7. The van der Waals surface area contributed by atoms with Gasteiger partial charge in [-0.2, -0.15) is 0 Å². The van der Waals surface area contributed by atoms with Gasteiger partial charge >= 0.3 is 0 Å². The number of hydrogen-bond donors (Lipinski definition) is 0. The summed E-state index contributed by atoms with van der Waals surface area (Å²) in [7, 11) is 0. The summed E-state index contributed by atoms with van der Waals surface area (Å²) in [6.45, 7) is 3.91. The molecule has 0 radical (unpaired) electrons. The van der Waals surface area contributed by atoms with Crippen LogP contribution in [0.3, 0.4) is 0 Å². The molecule has 2 nitrogen and oxygen atoms in total. The Balaban J connectivity index is 2.42. The van der Waals surface area contributed by atoms with E-state index in [0.29, 0.717) is 18.4 Å². The molecule has 1 rings (SSSR count). The van der Waals surface area contributed by atoms with E-state index in [-0.39, 0.29) is 18.0 Å². The minimum Gasteiger partial charge on any atom is -0.299 e. The van der Waals surface area contributed by atoms with E-state index in [1.807, 2.05) is 26.0 Å². The zero-order valence-electron chi connectivity index (χ0n) is 10.9. The lowest BCUT2D eigenvalue weighted by molar-refractivity contribution is -0.118. The maximum absolute atomic E-state index is 11.7. The SMILES string of the molecule is CC(C)=C=CCCC(=O)CC(=O)c1ccccc1. The quantitative estimate of drug-likeness (QED) is 0.432. The Morgan fingerprint density at radius 2 is 1.83 bits per heavy atom. The molecule has 0 atom stereocenters. The normalized spacial score (nSPS) is 9.44. The van der Waals surface area contributed by atoms with Crippen molar-refractivity contribution < 1.29 is 9.59 Å². The summed E-state index contributed by atoms with van der Waals surface area (Å²) < 4.78 is 0. The number of hydrogen-bond acceptors (Lipinski definition) is 2. The van der Waals surface area contributed by atoms with E-state index in [4.69, 9.17) is 0 Å². The fraction of sp³-hybridized carbons (Fsp3) is 0.312. The van der Waals surface area contributed by atoms with Gasteiger partial charge in [0.15, 0.2) is 5.78 Å². The van der Waals surface area contributed by atoms with Crippen LogP contribution in [0.15, 0.2) is 47.7 Å². The van der Waals surface area contributed by atoms with E-state index in [2.05, 4.69) is 5.73 Å². The molecule has 0 aromatic heterocycles. The molecule has 2 heteroatoms. The van der Waals surface area contributed by atoms with E-state index >= 15 is 0 Å². The molecule has 0 saturated heterocycles. The van der Waals surface area contributed by atoms with Crippen molar-refractivity contribution in [2.75, 3.05) is 0 Å². The van der Waals surface area contributed by atoms with Gasteiger partial charge in [-0.05, 0) is 31.9 Å². The molecule has 0 fully saturated rings. The van der Waals surface area contributed by atoms with Gasteiger partial charge in [0.1, 0.15) is 5.78 Å². The molecule has 0 spiro atoms. The van der Waals surface area contributed by atoms with Gasteiger partial charge in [-0.15, -0.1) is 5.73 Å². The first-order valence-electron chi connectivity index (χ1n) is 6.08. The standard InChI is InChI=1S/C16H18O2/c1-13(2)8-6-7-11-15(17)12-16(18)14-9-4-3-5-10-14/h3-6,9-10H,7,11-12H2,1-2H3. The van der Waals surface area contributed by atoms with Crippen LogP contribution < -0.4 is 0 Å². The molecular weight excluding hydrogens is 224 g/mol. The van der Waals surface area contributed by atoms with Crippen LogP contribution in [0, 0.1) is 0 Å². The van der Waals surface area contributed by atoms with Crippen LogP contribution in [0.4, 0.5) is 0 Å². The second-order valence-electron chi connectivity index (χ2n) is 4.39. The van der Waals surface area contributed by atoms with Crippen molar-refractivity contribution in [3.63, 3.8) is 0 Å². The molecule has 0 bridgehead atoms. The topological polar surface area (TPSA) is 34.1 Å². The Hall–Kier alpha value is -1.92. The van der Waals surface area contributed by atoms with Gasteiger partial charge in [0.05, 0.1) is 6.42 Å². The van der Waals surface area contributed by atoms with Crippen LogP contribution in [-0.2, 0) is 4.79 Å². The molecule has 0 saturated carbocycles. The van der Waals surface area contributed by atoms with Crippen molar-refractivity contribution in [1.82, 2.24) is 0 Å². The number of allylic oxidation sites excluding steroid dienone is 1. The van der Waals surface area contributed by atoms with Gasteiger partial charge in [-0.1, -0.05) is 30.3 Å². The van der Waals surface area contributed by atoms with Crippen LogP contribution in [-0.4, -0.2) is 11.6 Å². The minimum atomic E-state index is -0.105.